The standard InChI is InChI=1S/C19H27N3O4/c1-4-26-16-6-5-13(9-17(16)25-3)10-22-8-7-15-14(11-22)19(24)21(2)12-18(23)20-15/h5-6,9,14-15H,4,7-8,10-12H2,1-3H3,(H,20,23)/t14-,15+/m0/s1. The van der Waals surface area contributed by atoms with Crippen LogP contribution in [-0.2, 0) is 16.1 Å². The average molecular weight is 361 g/mol. The van der Waals surface area contributed by atoms with Crippen LogP contribution in [0.1, 0.15) is 18.9 Å². The smallest absolute Gasteiger partial charge is 0.239 e. The van der Waals surface area contributed by atoms with Crippen LogP contribution in [0.3, 0.4) is 0 Å². The summed E-state index contributed by atoms with van der Waals surface area (Å²) < 4.78 is 11.0. The van der Waals surface area contributed by atoms with Gasteiger partial charge in [0, 0.05) is 32.7 Å². The fraction of sp³-hybridized carbons (Fsp3) is 0.579. The third kappa shape index (κ3) is 3.93. The van der Waals surface area contributed by atoms with Crippen LogP contribution in [0.4, 0.5) is 0 Å². The van der Waals surface area contributed by atoms with E-state index in [4.69, 9.17) is 9.47 Å². The molecule has 0 aliphatic carbocycles. The fourth-order valence-electron chi connectivity index (χ4n) is 3.76. The number of ether oxygens (including phenoxy) is 2. The molecule has 2 aliphatic heterocycles. The molecule has 26 heavy (non-hydrogen) atoms. The monoisotopic (exact) mass is 361 g/mol. The SMILES string of the molecule is CCOc1ccc(CN2CC[C@H]3NC(=O)CN(C)C(=O)[C@H]3C2)cc1OC. The van der Waals surface area contributed by atoms with E-state index in [2.05, 4.69) is 10.2 Å². The van der Waals surface area contributed by atoms with Crippen molar-refractivity contribution in [3.8, 4) is 11.5 Å². The van der Waals surface area contributed by atoms with Crippen molar-refractivity contribution in [2.45, 2.75) is 25.9 Å². The predicted molar refractivity (Wildman–Crippen MR) is 97.1 cm³/mol. The molecule has 2 saturated heterocycles. The lowest BCUT2D eigenvalue weighted by atomic mass is 9.91. The molecule has 2 atom stereocenters. The first-order valence-corrected chi connectivity index (χ1v) is 9.08. The number of nitrogens with zero attached hydrogens (tertiary/aromatic N) is 2. The summed E-state index contributed by atoms with van der Waals surface area (Å²) in [6.45, 7) is 4.89. The van der Waals surface area contributed by atoms with Gasteiger partial charge < -0.3 is 19.7 Å². The van der Waals surface area contributed by atoms with Gasteiger partial charge in [0.25, 0.3) is 0 Å². The lowest BCUT2D eigenvalue weighted by Gasteiger charge is -2.37. The number of benzene rings is 1. The first-order valence-electron chi connectivity index (χ1n) is 9.08. The van der Waals surface area contributed by atoms with E-state index in [-0.39, 0.29) is 30.3 Å². The maximum absolute atomic E-state index is 12.6. The number of fused-ring (bicyclic) bond motifs is 1. The summed E-state index contributed by atoms with van der Waals surface area (Å²) in [5.41, 5.74) is 1.11. The highest BCUT2D eigenvalue weighted by Gasteiger charge is 2.39. The molecular formula is C19H27N3O4. The van der Waals surface area contributed by atoms with E-state index in [0.29, 0.717) is 13.2 Å². The zero-order valence-corrected chi connectivity index (χ0v) is 15.7. The lowest BCUT2D eigenvalue weighted by molar-refractivity contribution is -0.136. The molecule has 1 aromatic carbocycles. The molecule has 0 saturated carbocycles. The number of nitrogens with one attached hydrogen (secondary N) is 1. The molecule has 2 amide bonds. The number of rotatable bonds is 5. The van der Waals surface area contributed by atoms with E-state index in [1.807, 2.05) is 25.1 Å². The topological polar surface area (TPSA) is 71.1 Å². The normalized spacial score (nSPS) is 23.9. The van der Waals surface area contributed by atoms with Gasteiger partial charge in [-0.15, -0.1) is 0 Å². The molecule has 2 fully saturated rings. The minimum Gasteiger partial charge on any atom is -0.493 e. The van der Waals surface area contributed by atoms with Crippen molar-refractivity contribution in [2.75, 3.05) is 40.4 Å². The summed E-state index contributed by atoms with van der Waals surface area (Å²) in [6, 6.07) is 5.88. The maximum Gasteiger partial charge on any atom is 0.239 e. The second-order valence-corrected chi connectivity index (χ2v) is 6.92. The summed E-state index contributed by atoms with van der Waals surface area (Å²) in [5.74, 6) is 1.24. The Labute approximate surface area is 154 Å². The molecule has 142 valence electrons. The summed E-state index contributed by atoms with van der Waals surface area (Å²) in [6.07, 6.45) is 0.782. The van der Waals surface area contributed by atoms with Gasteiger partial charge in [0.1, 0.15) is 0 Å². The predicted octanol–water partition coefficient (Wildman–Crippen LogP) is 0.873. The van der Waals surface area contributed by atoms with Gasteiger partial charge in [0.15, 0.2) is 11.5 Å². The number of hydrogen-bond donors (Lipinski definition) is 1. The molecule has 1 N–H and O–H groups in total. The number of methoxy groups -OCH3 is 1. The third-order valence-electron chi connectivity index (χ3n) is 5.05. The van der Waals surface area contributed by atoms with Gasteiger partial charge in [-0.2, -0.15) is 0 Å². The molecule has 0 radical (unpaired) electrons. The van der Waals surface area contributed by atoms with Gasteiger partial charge >= 0.3 is 0 Å². The summed E-state index contributed by atoms with van der Waals surface area (Å²) in [5, 5.41) is 3.00. The van der Waals surface area contributed by atoms with Crippen molar-refractivity contribution in [1.82, 2.24) is 15.1 Å². The molecule has 7 nitrogen and oxygen atoms in total. The minimum absolute atomic E-state index is 0.0438. The Balaban J connectivity index is 1.70. The molecule has 0 bridgehead atoms. The molecule has 1 aromatic rings. The van der Waals surface area contributed by atoms with E-state index in [1.54, 1.807) is 14.2 Å². The average Bonchev–Trinajstić information content (AvgIpc) is 2.73. The maximum atomic E-state index is 12.6. The van der Waals surface area contributed by atoms with Crippen LogP contribution in [-0.4, -0.2) is 68.1 Å². The second-order valence-electron chi connectivity index (χ2n) is 6.92. The number of hydrogen-bond acceptors (Lipinski definition) is 5. The number of likely N-dealkylation sites (tertiary alicyclic amines) is 1. The Morgan fingerprint density at radius 1 is 1.27 bits per heavy atom. The Morgan fingerprint density at radius 3 is 2.81 bits per heavy atom. The number of likely N-dealkylation sites (N-methyl/N-ethyl adjacent to an activating group) is 1. The largest absolute Gasteiger partial charge is 0.493 e. The first-order chi connectivity index (χ1) is 12.5. The summed E-state index contributed by atoms with van der Waals surface area (Å²) >= 11 is 0. The zero-order chi connectivity index (χ0) is 18.7. The number of amides is 2. The van der Waals surface area contributed by atoms with Crippen LogP contribution in [0.2, 0.25) is 0 Å². The van der Waals surface area contributed by atoms with Crippen LogP contribution >= 0.6 is 0 Å². The Bertz CT molecular complexity index is 679. The summed E-state index contributed by atoms with van der Waals surface area (Å²) in [7, 11) is 3.33. The van der Waals surface area contributed by atoms with Gasteiger partial charge in [0.2, 0.25) is 11.8 Å². The number of carbonyl (C=O) groups excluding carboxylic acids is 2. The minimum atomic E-state index is -0.190. The van der Waals surface area contributed by atoms with Crippen LogP contribution in [0.25, 0.3) is 0 Å². The van der Waals surface area contributed by atoms with Crippen LogP contribution in [0.15, 0.2) is 18.2 Å². The van der Waals surface area contributed by atoms with Gasteiger partial charge in [0.05, 0.1) is 26.2 Å². The highest BCUT2D eigenvalue weighted by atomic mass is 16.5. The Kier molecular flexibility index (Phi) is 5.66. The van der Waals surface area contributed by atoms with Gasteiger partial charge in [-0.25, -0.2) is 0 Å². The Hall–Kier alpha value is -2.28. The number of carbonyl (C=O) groups is 2. The van der Waals surface area contributed by atoms with Crippen LogP contribution < -0.4 is 14.8 Å². The molecule has 0 spiro atoms. The zero-order valence-electron chi connectivity index (χ0n) is 15.7. The van der Waals surface area contributed by atoms with Crippen molar-refractivity contribution in [2.24, 2.45) is 5.92 Å². The third-order valence-corrected chi connectivity index (χ3v) is 5.05. The van der Waals surface area contributed by atoms with Crippen molar-refractivity contribution in [1.29, 1.82) is 0 Å². The van der Waals surface area contributed by atoms with Crippen molar-refractivity contribution < 1.29 is 19.1 Å². The first kappa shape index (κ1) is 18.5. The van der Waals surface area contributed by atoms with Crippen molar-refractivity contribution in [3.05, 3.63) is 23.8 Å². The molecule has 3 rings (SSSR count). The molecular weight excluding hydrogens is 334 g/mol. The van der Waals surface area contributed by atoms with E-state index < -0.39 is 0 Å². The second kappa shape index (κ2) is 7.95. The van der Waals surface area contributed by atoms with Crippen LogP contribution in [0.5, 0.6) is 11.5 Å². The highest BCUT2D eigenvalue weighted by Crippen LogP contribution is 2.29. The van der Waals surface area contributed by atoms with Gasteiger partial charge in [-0.05, 0) is 31.0 Å². The lowest BCUT2D eigenvalue weighted by Crippen LogP contribution is -2.52. The molecule has 2 aliphatic rings. The molecule has 0 aromatic heterocycles. The molecule has 2 heterocycles. The summed E-state index contributed by atoms with van der Waals surface area (Å²) in [4.78, 5) is 28.3. The highest BCUT2D eigenvalue weighted by molar-refractivity contribution is 5.89. The van der Waals surface area contributed by atoms with Gasteiger partial charge in [-0.1, -0.05) is 6.07 Å². The van der Waals surface area contributed by atoms with E-state index in [9.17, 15) is 9.59 Å². The van der Waals surface area contributed by atoms with Crippen LogP contribution in [0, 0.1) is 5.92 Å². The molecule has 0 unspecified atom stereocenters. The van der Waals surface area contributed by atoms with E-state index in [0.717, 1.165) is 36.6 Å². The van der Waals surface area contributed by atoms with E-state index in [1.165, 1.54) is 4.90 Å². The number of piperidine rings is 1. The van der Waals surface area contributed by atoms with E-state index >= 15 is 0 Å². The van der Waals surface area contributed by atoms with Crippen molar-refractivity contribution in [3.63, 3.8) is 0 Å². The van der Waals surface area contributed by atoms with Crippen molar-refractivity contribution >= 4 is 11.8 Å². The molecule has 7 heteroatoms. The van der Waals surface area contributed by atoms with Gasteiger partial charge in [-0.3, -0.25) is 14.5 Å². The Morgan fingerprint density at radius 2 is 2.08 bits per heavy atom. The fourth-order valence-corrected chi connectivity index (χ4v) is 3.76. The quantitative estimate of drug-likeness (QED) is 0.843.